The van der Waals surface area contributed by atoms with E-state index in [0.29, 0.717) is 0 Å². The molecule has 1 atom stereocenters. The van der Waals surface area contributed by atoms with Gasteiger partial charge in [0.2, 0.25) is 5.91 Å². The summed E-state index contributed by atoms with van der Waals surface area (Å²) in [6.45, 7) is 3.77. The van der Waals surface area contributed by atoms with E-state index in [9.17, 15) is 4.79 Å². The Morgan fingerprint density at radius 2 is 2.05 bits per heavy atom. The highest BCUT2D eigenvalue weighted by Gasteiger charge is 2.15. The SMILES string of the molecule is CCCCC[C@H](N)c1cn(C(C)=O)c2ccccc12. The minimum Gasteiger partial charge on any atom is -0.324 e. The lowest BCUT2D eigenvalue weighted by atomic mass is 10.0. The van der Waals surface area contributed by atoms with Gasteiger partial charge in [-0.3, -0.25) is 9.36 Å². The van der Waals surface area contributed by atoms with Crippen molar-refractivity contribution in [1.29, 1.82) is 0 Å². The number of para-hydroxylation sites is 1. The number of fused-ring (bicyclic) bond motifs is 1. The molecule has 102 valence electrons. The van der Waals surface area contributed by atoms with Gasteiger partial charge in [-0.1, -0.05) is 44.4 Å². The zero-order chi connectivity index (χ0) is 13.8. The van der Waals surface area contributed by atoms with Crippen LogP contribution in [0.2, 0.25) is 0 Å². The van der Waals surface area contributed by atoms with Crippen LogP contribution in [0.1, 0.15) is 55.9 Å². The Morgan fingerprint density at radius 1 is 1.32 bits per heavy atom. The molecule has 0 amide bonds. The summed E-state index contributed by atoms with van der Waals surface area (Å²) in [5, 5.41) is 1.10. The number of carbonyl (C=O) groups excluding carboxylic acids is 1. The Labute approximate surface area is 114 Å². The van der Waals surface area contributed by atoms with Crippen molar-refractivity contribution in [2.24, 2.45) is 5.73 Å². The van der Waals surface area contributed by atoms with Crippen molar-refractivity contribution >= 4 is 16.8 Å². The van der Waals surface area contributed by atoms with Crippen LogP contribution in [0.3, 0.4) is 0 Å². The second kappa shape index (κ2) is 6.02. The van der Waals surface area contributed by atoms with Crippen molar-refractivity contribution in [2.75, 3.05) is 0 Å². The van der Waals surface area contributed by atoms with Crippen molar-refractivity contribution < 1.29 is 4.79 Å². The first-order chi connectivity index (χ1) is 9.15. The van der Waals surface area contributed by atoms with E-state index in [2.05, 4.69) is 6.92 Å². The molecule has 1 aromatic carbocycles. The van der Waals surface area contributed by atoms with Crippen LogP contribution in [-0.4, -0.2) is 10.5 Å². The van der Waals surface area contributed by atoms with E-state index in [-0.39, 0.29) is 11.9 Å². The number of aromatic nitrogens is 1. The van der Waals surface area contributed by atoms with Gasteiger partial charge in [0, 0.05) is 24.5 Å². The summed E-state index contributed by atoms with van der Waals surface area (Å²) in [7, 11) is 0. The molecule has 0 aliphatic carbocycles. The summed E-state index contributed by atoms with van der Waals surface area (Å²) in [6, 6.07) is 7.98. The molecule has 0 saturated heterocycles. The molecule has 1 aromatic heterocycles. The van der Waals surface area contributed by atoms with Gasteiger partial charge in [0.15, 0.2) is 0 Å². The lowest BCUT2D eigenvalue weighted by Gasteiger charge is -2.10. The third kappa shape index (κ3) is 2.87. The van der Waals surface area contributed by atoms with Crippen LogP contribution in [0.15, 0.2) is 30.5 Å². The first-order valence-electron chi connectivity index (χ1n) is 7.01. The summed E-state index contributed by atoms with van der Waals surface area (Å²) in [6.07, 6.45) is 6.42. The van der Waals surface area contributed by atoms with E-state index in [1.165, 1.54) is 12.8 Å². The number of benzene rings is 1. The molecule has 2 aromatic rings. The first kappa shape index (κ1) is 13.8. The fraction of sp³-hybridized carbons (Fsp3) is 0.438. The molecule has 3 nitrogen and oxygen atoms in total. The molecule has 0 radical (unpaired) electrons. The predicted octanol–water partition coefficient (Wildman–Crippen LogP) is 3.88. The van der Waals surface area contributed by atoms with Gasteiger partial charge in [-0.15, -0.1) is 0 Å². The fourth-order valence-corrected chi connectivity index (χ4v) is 2.53. The molecule has 0 aliphatic rings. The molecule has 0 saturated carbocycles. The zero-order valence-corrected chi connectivity index (χ0v) is 11.7. The molecule has 0 fully saturated rings. The fourth-order valence-electron chi connectivity index (χ4n) is 2.53. The second-order valence-electron chi connectivity index (χ2n) is 5.09. The standard InChI is InChI=1S/C16H22N2O/c1-3-4-5-9-15(17)14-11-18(12(2)19)16-10-7-6-8-13(14)16/h6-8,10-11,15H,3-5,9,17H2,1-2H3/t15-/m0/s1. The van der Waals surface area contributed by atoms with Crippen molar-refractivity contribution in [3.8, 4) is 0 Å². The molecular weight excluding hydrogens is 236 g/mol. The summed E-state index contributed by atoms with van der Waals surface area (Å²) in [5.74, 6) is 0.0307. The third-order valence-electron chi connectivity index (χ3n) is 3.60. The van der Waals surface area contributed by atoms with Crippen LogP contribution in [0, 0.1) is 0 Å². The number of nitrogens with two attached hydrogens (primary N) is 1. The van der Waals surface area contributed by atoms with Gasteiger partial charge in [0.1, 0.15) is 0 Å². The normalized spacial score (nSPS) is 12.8. The average molecular weight is 258 g/mol. The molecule has 2 N–H and O–H groups in total. The zero-order valence-electron chi connectivity index (χ0n) is 11.7. The molecule has 0 bridgehead atoms. The van der Waals surface area contributed by atoms with E-state index in [1.54, 1.807) is 11.5 Å². The number of carbonyl (C=O) groups is 1. The maximum absolute atomic E-state index is 11.7. The van der Waals surface area contributed by atoms with E-state index < -0.39 is 0 Å². The van der Waals surface area contributed by atoms with Crippen molar-refractivity contribution in [2.45, 2.75) is 45.6 Å². The number of unbranched alkanes of at least 4 members (excludes halogenated alkanes) is 2. The van der Waals surface area contributed by atoms with E-state index >= 15 is 0 Å². The minimum atomic E-state index is 0.0112. The van der Waals surface area contributed by atoms with Crippen LogP contribution in [0.5, 0.6) is 0 Å². The highest BCUT2D eigenvalue weighted by molar-refractivity contribution is 5.93. The monoisotopic (exact) mass is 258 g/mol. The van der Waals surface area contributed by atoms with Gasteiger partial charge in [-0.25, -0.2) is 0 Å². The topological polar surface area (TPSA) is 48.0 Å². The molecule has 0 unspecified atom stereocenters. The Morgan fingerprint density at radius 3 is 2.74 bits per heavy atom. The Bertz CT molecular complexity index is 571. The van der Waals surface area contributed by atoms with Crippen molar-refractivity contribution in [1.82, 2.24) is 4.57 Å². The summed E-state index contributed by atoms with van der Waals surface area (Å²) in [4.78, 5) is 11.7. The second-order valence-corrected chi connectivity index (χ2v) is 5.09. The molecule has 2 rings (SSSR count). The average Bonchev–Trinajstić information content (AvgIpc) is 2.78. The van der Waals surface area contributed by atoms with Crippen LogP contribution < -0.4 is 5.73 Å². The number of rotatable bonds is 5. The van der Waals surface area contributed by atoms with E-state index in [1.807, 2.05) is 30.5 Å². The van der Waals surface area contributed by atoms with Crippen LogP contribution >= 0.6 is 0 Å². The van der Waals surface area contributed by atoms with Gasteiger partial charge >= 0.3 is 0 Å². The molecule has 1 heterocycles. The van der Waals surface area contributed by atoms with Gasteiger partial charge in [0.05, 0.1) is 5.52 Å². The molecule has 0 aliphatic heterocycles. The quantitative estimate of drug-likeness (QED) is 0.827. The Kier molecular flexibility index (Phi) is 4.38. The van der Waals surface area contributed by atoms with Gasteiger partial charge < -0.3 is 5.73 Å². The van der Waals surface area contributed by atoms with E-state index in [0.717, 1.165) is 29.3 Å². The van der Waals surface area contributed by atoms with Gasteiger partial charge in [-0.2, -0.15) is 0 Å². The molecule has 0 spiro atoms. The van der Waals surface area contributed by atoms with Crippen molar-refractivity contribution in [3.63, 3.8) is 0 Å². The minimum absolute atomic E-state index is 0.0112. The summed E-state index contributed by atoms with van der Waals surface area (Å²) in [5.41, 5.74) is 8.33. The number of hydrogen-bond donors (Lipinski definition) is 1. The first-order valence-corrected chi connectivity index (χ1v) is 7.01. The van der Waals surface area contributed by atoms with Crippen LogP contribution in [0.4, 0.5) is 0 Å². The molecule has 19 heavy (non-hydrogen) atoms. The highest BCUT2D eigenvalue weighted by Crippen LogP contribution is 2.28. The lowest BCUT2D eigenvalue weighted by molar-refractivity contribution is 0.0941. The largest absolute Gasteiger partial charge is 0.324 e. The molecule has 3 heteroatoms. The Balaban J connectivity index is 2.35. The summed E-state index contributed by atoms with van der Waals surface area (Å²) >= 11 is 0. The number of nitrogens with zero attached hydrogens (tertiary/aromatic N) is 1. The third-order valence-corrected chi connectivity index (χ3v) is 3.60. The smallest absolute Gasteiger partial charge is 0.227 e. The maximum Gasteiger partial charge on any atom is 0.227 e. The number of hydrogen-bond acceptors (Lipinski definition) is 2. The van der Waals surface area contributed by atoms with Crippen molar-refractivity contribution in [3.05, 3.63) is 36.0 Å². The highest BCUT2D eigenvalue weighted by atomic mass is 16.1. The molecular formula is C16H22N2O. The van der Waals surface area contributed by atoms with Gasteiger partial charge in [-0.05, 0) is 18.1 Å². The maximum atomic E-state index is 11.7. The predicted molar refractivity (Wildman–Crippen MR) is 79.3 cm³/mol. The van der Waals surface area contributed by atoms with Crippen LogP contribution in [0.25, 0.3) is 10.9 Å². The van der Waals surface area contributed by atoms with E-state index in [4.69, 9.17) is 5.73 Å². The Hall–Kier alpha value is -1.61. The summed E-state index contributed by atoms with van der Waals surface area (Å²) < 4.78 is 1.70. The lowest BCUT2D eigenvalue weighted by Crippen LogP contribution is -2.10. The van der Waals surface area contributed by atoms with Gasteiger partial charge in [0.25, 0.3) is 0 Å². The van der Waals surface area contributed by atoms with Crippen LogP contribution in [-0.2, 0) is 0 Å².